The van der Waals surface area contributed by atoms with Gasteiger partial charge in [-0.25, -0.2) is 8.42 Å². The first-order chi connectivity index (χ1) is 21.8. The Morgan fingerprint density at radius 2 is 1.72 bits per heavy atom. The number of fused-ring (bicyclic) bond motifs is 1. The summed E-state index contributed by atoms with van der Waals surface area (Å²) in [5.41, 5.74) is 2.43. The van der Waals surface area contributed by atoms with Gasteiger partial charge in [0.05, 0.1) is 30.7 Å². The molecule has 1 amide bonds. The summed E-state index contributed by atoms with van der Waals surface area (Å²) in [6.07, 6.45) is -2.23. The predicted molar refractivity (Wildman–Crippen MR) is 162 cm³/mol. The molecule has 5 rings (SSSR count). The fraction of sp³-hybridized carbons (Fsp3) is 0.182. The van der Waals surface area contributed by atoms with Crippen molar-refractivity contribution in [2.24, 2.45) is 0 Å². The number of benzene rings is 3. The van der Waals surface area contributed by atoms with Gasteiger partial charge in [0.1, 0.15) is 11.5 Å². The van der Waals surface area contributed by atoms with Gasteiger partial charge in [-0.3, -0.25) is 14.6 Å². The lowest BCUT2D eigenvalue weighted by molar-refractivity contribution is -0.153. The van der Waals surface area contributed by atoms with E-state index in [0.29, 0.717) is 39.0 Å². The summed E-state index contributed by atoms with van der Waals surface area (Å²) in [5.74, 6) is -3.98. The van der Waals surface area contributed by atoms with Crippen LogP contribution in [0.2, 0.25) is 0 Å². The van der Waals surface area contributed by atoms with Crippen LogP contribution in [-0.2, 0) is 33.9 Å². The second-order valence-corrected chi connectivity index (χ2v) is 12.5. The molecule has 0 saturated carbocycles. The molecule has 13 heteroatoms. The molecule has 0 aliphatic carbocycles. The van der Waals surface area contributed by atoms with Crippen LogP contribution in [0, 0.1) is 6.92 Å². The fourth-order valence-electron chi connectivity index (χ4n) is 5.08. The van der Waals surface area contributed by atoms with Gasteiger partial charge in [-0.15, -0.1) is 0 Å². The predicted octanol–water partition coefficient (Wildman–Crippen LogP) is 6.53. The Kier molecular flexibility index (Phi) is 8.88. The maximum absolute atomic E-state index is 14.2. The van der Waals surface area contributed by atoms with Crippen LogP contribution in [0.25, 0.3) is 21.9 Å². The molecule has 9 nitrogen and oxygen atoms in total. The lowest BCUT2D eigenvalue weighted by Crippen LogP contribution is -2.31. The fourth-order valence-corrected chi connectivity index (χ4v) is 6.10. The highest BCUT2D eigenvalue weighted by Crippen LogP contribution is 2.33. The number of furan rings is 1. The second kappa shape index (κ2) is 12.7. The van der Waals surface area contributed by atoms with E-state index in [2.05, 4.69) is 4.98 Å². The van der Waals surface area contributed by atoms with E-state index in [9.17, 15) is 31.2 Å². The number of carboxylic acids is 1. The molecule has 2 heterocycles. The summed E-state index contributed by atoms with van der Waals surface area (Å²) in [6, 6.07) is 19.2. The molecule has 1 N–H and O–H groups in total. The van der Waals surface area contributed by atoms with Crippen molar-refractivity contribution in [1.82, 2.24) is 9.88 Å². The summed E-state index contributed by atoms with van der Waals surface area (Å²) in [5, 5.41) is 10.5. The Balaban J connectivity index is 1.53. The van der Waals surface area contributed by atoms with Crippen molar-refractivity contribution in [3.63, 3.8) is 0 Å². The van der Waals surface area contributed by atoms with Gasteiger partial charge in [0.25, 0.3) is 5.91 Å². The molecule has 0 saturated heterocycles. The summed E-state index contributed by atoms with van der Waals surface area (Å²) in [4.78, 5) is 30.3. The molecule has 0 unspecified atom stereocenters. The van der Waals surface area contributed by atoms with Gasteiger partial charge in [0.15, 0.2) is 15.6 Å². The molecule has 3 aromatic carbocycles. The third kappa shape index (κ3) is 6.89. The zero-order valence-electron chi connectivity index (χ0n) is 24.5. The summed E-state index contributed by atoms with van der Waals surface area (Å²) >= 11 is 0. The molecule has 0 aliphatic rings. The zero-order chi connectivity index (χ0) is 33.2. The Bertz CT molecular complexity index is 2060. The Morgan fingerprint density at radius 1 is 0.957 bits per heavy atom. The normalized spacial score (nSPS) is 11.8. The third-order valence-electron chi connectivity index (χ3n) is 7.29. The Morgan fingerprint density at radius 3 is 2.41 bits per heavy atom. The maximum atomic E-state index is 14.2. The molecule has 5 aromatic rings. The van der Waals surface area contributed by atoms with Crippen LogP contribution >= 0.6 is 0 Å². The Hall–Kier alpha value is -5.17. The number of aryl methyl sites for hydroxylation is 1. The van der Waals surface area contributed by atoms with Crippen LogP contribution < -0.4 is 4.74 Å². The van der Waals surface area contributed by atoms with E-state index in [0.717, 1.165) is 17.6 Å². The number of hydrogen-bond donors (Lipinski definition) is 1. The smallest absolute Gasteiger partial charge is 0.449 e. The van der Waals surface area contributed by atoms with E-state index >= 15 is 0 Å². The number of aliphatic carboxylic acids is 1. The summed E-state index contributed by atoms with van der Waals surface area (Å²) in [7, 11) is -2.74. The number of pyridine rings is 1. The molecule has 0 bridgehead atoms. The first-order valence-corrected chi connectivity index (χ1v) is 15.4. The monoisotopic (exact) mass is 652 g/mol. The van der Waals surface area contributed by atoms with E-state index in [4.69, 9.17) is 14.3 Å². The number of nitrogens with zero attached hydrogens (tertiary/aromatic N) is 2. The van der Waals surface area contributed by atoms with Crippen molar-refractivity contribution in [2.45, 2.75) is 31.1 Å². The van der Waals surface area contributed by atoms with Gasteiger partial charge < -0.3 is 19.2 Å². The number of carboxylic acid groups (broad SMARTS) is 1. The molecule has 0 radical (unpaired) electrons. The van der Waals surface area contributed by atoms with Crippen molar-refractivity contribution < 1.29 is 45.4 Å². The van der Waals surface area contributed by atoms with Gasteiger partial charge in [0, 0.05) is 23.5 Å². The number of hydrogen-bond acceptors (Lipinski definition) is 7. The minimum absolute atomic E-state index is 0.0698. The number of amides is 1. The number of methoxy groups -OCH3 is 1. The van der Waals surface area contributed by atoms with Crippen LogP contribution in [0.1, 0.15) is 33.0 Å². The highest BCUT2D eigenvalue weighted by Gasteiger charge is 2.35. The van der Waals surface area contributed by atoms with Crippen LogP contribution in [0.3, 0.4) is 0 Å². The topological polar surface area (TPSA) is 127 Å². The SMILES string of the molecule is COc1cc(-c2cncc(S(=O)(=O)CC(=O)O)c2)ccc1CN(Cc1ccc(C(F)(F)F)o1)C(=O)c1c(C)ccc2ccccc12. The zero-order valence-corrected chi connectivity index (χ0v) is 25.4. The minimum atomic E-state index is -4.70. The van der Waals surface area contributed by atoms with E-state index in [1.54, 1.807) is 43.3 Å². The number of aromatic nitrogens is 1. The second-order valence-electron chi connectivity index (χ2n) is 10.5. The minimum Gasteiger partial charge on any atom is -0.496 e. The number of ether oxygens (including phenoxy) is 1. The van der Waals surface area contributed by atoms with Crippen LogP contribution in [0.4, 0.5) is 13.2 Å². The molecular weight excluding hydrogens is 625 g/mol. The van der Waals surface area contributed by atoms with E-state index in [-0.39, 0.29) is 23.7 Å². The van der Waals surface area contributed by atoms with Gasteiger partial charge in [-0.1, -0.05) is 48.5 Å². The van der Waals surface area contributed by atoms with Crippen molar-refractivity contribution >= 4 is 32.5 Å². The molecular formula is C33H27F3N2O7S. The van der Waals surface area contributed by atoms with Gasteiger partial charge in [-0.2, -0.15) is 13.2 Å². The van der Waals surface area contributed by atoms with Crippen molar-refractivity contribution in [3.8, 4) is 16.9 Å². The van der Waals surface area contributed by atoms with Crippen molar-refractivity contribution in [1.29, 1.82) is 0 Å². The molecule has 0 aliphatic heterocycles. The molecule has 2 aromatic heterocycles. The molecule has 0 spiro atoms. The highest BCUT2D eigenvalue weighted by molar-refractivity contribution is 7.92. The van der Waals surface area contributed by atoms with Crippen LogP contribution in [0.5, 0.6) is 5.75 Å². The standard InChI is InChI=1S/C33H27F3N2O7S/c1-20-7-8-21-5-3-4-6-27(21)31(20)32(41)38(18-25-11-12-29(45-25)33(34,35)36)17-23-10-9-22(14-28(23)44-2)24-13-26(16-37-15-24)46(42,43)19-30(39)40/h3-16H,17-19H2,1-2H3,(H,39,40). The van der Waals surface area contributed by atoms with E-state index in [1.807, 2.05) is 18.2 Å². The van der Waals surface area contributed by atoms with Crippen molar-refractivity contribution in [2.75, 3.05) is 12.9 Å². The number of carbonyl (C=O) groups is 2. The number of alkyl halides is 3. The molecule has 46 heavy (non-hydrogen) atoms. The Labute approximate surface area is 261 Å². The molecule has 0 fully saturated rings. The number of sulfone groups is 1. The first kappa shape index (κ1) is 32.2. The van der Waals surface area contributed by atoms with Crippen LogP contribution in [-0.4, -0.2) is 48.1 Å². The van der Waals surface area contributed by atoms with Crippen molar-refractivity contribution in [3.05, 3.63) is 113 Å². The number of rotatable bonds is 10. The molecule has 0 atom stereocenters. The molecule has 238 valence electrons. The lowest BCUT2D eigenvalue weighted by Gasteiger charge is -2.25. The van der Waals surface area contributed by atoms with E-state index in [1.165, 1.54) is 30.3 Å². The van der Waals surface area contributed by atoms with E-state index < -0.39 is 39.4 Å². The first-order valence-electron chi connectivity index (χ1n) is 13.8. The lowest BCUT2D eigenvalue weighted by atomic mass is 9.98. The third-order valence-corrected chi connectivity index (χ3v) is 8.86. The quantitative estimate of drug-likeness (QED) is 0.180. The van der Waals surface area contributed by atoms with Gasteiger partial charge in [0.2, 0.25) is 5.76 Å². The maximum Gasteiger partial charge on any atom is 0.449 e. The summed E-state index contributed by atoms with van der Waals surface area (Å²) in [6.45, 7) is 1.41. The highest BCUT2D eigenvalue weighted by atomic mass is 32.2. The number of carbonyl (C=O) groups excluding carboxylic acids is 1. The average Bonchev–Trinajstić information content (AvgIpc) is 3.49. The largest absolute Gasteiger partial charge is 0.496 e. The summed E-state index contributed by atoms with van der Waals surface area (Å²) < 4.78 is 75.5. The van der Waals surface area contributed by atoms with Gasteiger partial charge in [-0.05, 0) is 53.1 Å². The van der Waals surface area contributed by atoms with Gasteiger partial charge >= 0.3 is 12.1 Å². The average molecular weight is 653 g/mol. The van der Waals surface area contributed by atoms with Crippen LogP contribution in [0.15, 0.2) is 94.5 Å². The number of halogens is 3.